The van der Waals surface area contributed by atoms with Crippen molar-refractivity contribution >= 4 is 23.2 Å². The van der Waals surface area contributed by atoms with E-state index in [-0.39, 0.29) is 12.2 Å². The fourth-order valence-electron chi connectivity index (χ4n) is 1.54. The predicted octanol–water partition coefficient (Wildman–Crippen LogP) is 3.47. The molecule has 1 aliphatic rings. The van der Waals surface area contributed by atoms with Gasteiger partial charge in [0.05, 0.1) is 19.3 Å². The molecule has 0 aromatic heterocycles. The third-order valence-corrected chi connectivity index (χ3v) is 2.94. The fraction of sp³-hybridized carbons (Fsp3) is 0.455. The summed E-state index contributed by atoms with van der Waals surface area (Å²) in [6.45, 7) is 3.13. The molecule has 1 fully saturated rings. The smallest absolute Gasteiger partial charge is 0.107 e. The molecule has 82 valence electrons. The molecule has 1 aromatic rings. The summed E-state index contributed by atoms with van der Waals surface area (Å²) in [6, 6.07) is 5.42. The van der Waals surface area contributed by atoms with Crippen molar-refractivity contribution in [2.45, 2.75) is 19.1 Å². The Labute approximate surface area is 99.1 Å². The van der Waals surface area contributed by atoms with Gasteiger partial charge in [0.25, 0.3) is 0 Å². The molecular formula is C11H12Cl2O2. The number of benzene rings is 1. The van der Waals surface area contributed by atoms with Gasteiger partial charge in [0.2, 0.25) is 0 Å². The Morgan fingerprint density at radius 1 is 1.20 bits per heavy atom. The van der Waals surface area contributed by atoms with Crippen molar-refractivity contribution in [1.29, 1.82) is 0 Å². The average Bonchev–Trinajstić information content (AvgIpc) is 2.20. The molecule has 0 saturated carbocycles. The molecule has 1 heterocycles. The van der Waals surface area contributed by atoms with E-state index in [9.17, 15) is 0 Å². The van der Waals surface area contributed by atoms with Crippen LogP contribution in [0.1, 0.15) is 18.6 Å². The number of hydrogen-bond acceptors (Lipinski definition) is 2. The summed E-state index contributed by atoms with van der Waals surface area (Å²) in [5.41, 5.74) is 0.938. The normalized spacial score (nSPS) is 26.6. The molecule has 0 amide bonds. The van der Waals surface area contributed by atoms with Gasteiger partial charge in [0.1, 0.15) is 6.10 Å². The van der Waals surface area contributed by atoms with Crippen LogP contribution in [0.15, 0.2) is 18.2 Å². The molecule has 2 unspecified atom stereocenters. The zero-order chi connectivity index (χ0) is 10.8. The summed E-state index contributed by atoms with van der Waals surface area (Å²) in [6.07, 6.45) is 0.0818. The highest BCUT2D eigenvalue weighted by Crippen LogP contribution is 2.30. The number of ether oxygens (including phenoxy) is 2. The Bertz CT molecular complexity index is 346. The third-order valence-electron chi connectivity index (χ3n) is 2.37. The van der Waals surface area contributed by atoms with E-state index in [2.05, 4.69) is 0 Å². The second-order valence-electron chi connectivity index (χ2n) is 3.63. The third kappa shape index (κ3) is 2.64. The molecule has 2 nitrogen and oxygen atoms in total. The van der Waals surface area contributed by atoms with Crippen molar-refractivity contribution in [1.82, 2.24) is 0 Å². The van der Waals surface area contributed by atoms with E-state index in [1.807, 2.05) is 19.1 Å². The van der Waals surface area contributed by atoms with E-state index >= 15 is 0 Å². The number of halogens is 2. The van der Waals surface area contributed by atoms with Crippen LogP contribution in [-0.4, -0.2) is 19.3 Å². The van der Waals surface area contributed by atoms with Crippen LogP contribution in [0.4, 0.5) is 0 Å². The standard InChI is InChI=1S/C11H12Cl2O2/c1-7-5-15-11(6-14-7)9-3-2-8(12)4-10(9)13/h2-4,7,11H,5-6H2,1H3. The van der Waals surface area contributed by atoms with Crippen molar-refractivity contribution < 1.29 is 9.47 Å². The maximum absolute atomic E-state index is 6.08. The largest absolute Gasteiger partial charge is 0.373 e. The molecule has 15 heavy (non-hydrogen) atoms. The molecule has 0 spiro atoms. The van der Waals surface area contributed by atoms with Crippen molar-refractivity contribution in [3.8, 4) is 0 Å². The molecule has 0 N–H and O–H groups in total. The van der Waals surface area contributed by atoms with Crippen LogP contribution in [0.2, 0.25) is 10.0 Å². The lowest BCUT2D eigenvalue weighted by Crippen LogP contribution is -2.28. The molecule has 2 atom stereocenters. The van der Waals surface area contributed by atoms with Gasteiger partial charge in [-0.3, -0.25) is 0 Å². The highest BCUT2D eigenvalue weighted by Gasteiger charge is 2.22. The van der Waals surface area contributed by atoms with Crippen LogP contribution in [0.5, 0.6) is 0 Å². The van der Waals surface area contributed by atoms with Crippen molar-refractivity contribution in [3.63, 3.8) is 0 Å². The van der Waals surface area contributed by atoms with Crippen molar-refractivity contribution in [2.75, 3.05) is 13.2 Å². The maximum Gasteiger partial charge on any atom is 0.107 e. The van der Waals surface area contributed by atoms with Crippen LogP contribution in [0, 0.1) is 0 Å². The topological polar surface area (TPSA) is 18.5 Å². The van der Waals surface area contributed by atoms with E-state index in [0.717, 1.165) is 5.56 Å². The summed E-state index contributed by atoms with van der Waals surface area (Å²) >= 11 is 11.9. The fourth-order valence-corrected chi connectivity index (χ4v) is 2.07. The summed E-state index contributed by atoms with van der Waals surface area (Å²) in [5, 5.41) is 1.26. The van der Waals surface area contributed by atoms with E-state index in [4.69, 9.17) is 32.7 Å². The van der Waals surface area contributed by atoms with Gasteiger partial charge in [-0.1, -0.05) is 29.3 Å². The summed E-state index contributed by atoms with van der Waals surface area (Å²) in [7, 11) is 0. The quantitative estimate of drug-likeness (QED) is 0.756. The molecule has 0 radical (unpaired) electrons. The molecule has 0 aliphatic carbocycles. The van der Waals surface area contributed by atoms with E-state index < -0.39 is 0 Å². The first-order valence-electron chi connectivity index (χ1n) is 4.85. The first-order valence-corrected chi connectivity index (χ1v) is 5.60. The highest BCUT2D eigenvalue weighted by molar-refractivity contribution is 6.35. The molecular weight excluding hydrogens is 235 g/mol. The van der Waals surface area contributed by atoms with Crippen molar-refractivity contribution in [2.24, 2.45) is 0 Å². The molecule has 1 saturated heterocycles. The summed E-state index contributed by atoms with van der Waals surface area (Å²) in [4.78, 5) is 0. The monoisotopic (exact) mass is 246 g/mol. The molecule has 4 heteroatoms. The van der Waals surface area contributed by atoms with Gasteiger partial charge in [-0.25, -0.2) is 0 Å². The van der Waals surface area contributed by atoms with Gasteiger partial charge in [0, 0.05) is 15.6 Å². The maximum atomic E-state index is 6.08. The van der Waals surface area contributed by atoms with Crippen LogP contribution < -0.4 is 0 Å². The molecule has 0 bridgehead atoms. The van der Waals surface area contributed by atoms with Gasteiger partial charge in [-0.15, -0.1) is 0 Å². The minimum absolute atomic E-state index is 0.0778. The lowest BCUT2D eigenvalue weighted by Gasteiger charge is -2.28. The van der Waals surface area contributed by atoms with E-state index in [0.29, 0.717) is 23.3 Å². The molecule has 2 rings (SSSR count). The highest BCUT2D eigenvalue weighted by atomic mass is 35.5. The summed E-state index contributed by atoms with van der Waals surface area (Å²) in [5.74, 6) is 0. The SMILES string of the molecule is CC1COC(c2ccc(Cl)cc2Cl)CO1. The first-order chi connectivity index (χ1) is 7.16. The average molecular weight is 247 g/mol. The Morgan fingerprint density at radius 2 is 2.00 bits per heavy atom. The molecule has 1 aromatic carbocycles. The van der Waals surface area contributed by atoms with Gasteiger partial charge in [-0.05, 0) is 19.1 Å². The second kappa shape index (κ2) is 4.71. The number of hydrogen-bond donors (Lipinski definition) is 0. The van der Waals surface area contributed by atoms with Gasteiger partial charge < -0.3 is 9.47 Å². The summed E-state index contributed by atoms with van der Waals surface area (Å²) < 4.78 is 11.2. The first kappa shape index (κ1) is 11.2. The van der Waals surface area contributed by atoms with Gasteiger partial charge >= 0.3 is 0 Å². The Kier molecular flexibility index (Phi) is 3.52. The van der Waals surface area contributed by atoms with Gasteiger partial charge in [0.15, 0.2) is 0 Å². The van der Waals surface area contributed by atoms with Crippen molar-refractivity contribution in [3.05, 3.63) is 33.8 Å². The van der Waals surface area contributed by atoms with Crippen LogP contribution in [-0.2, 0) is 9.47 Å². The van der Waals surface area contributed by atoms with E-state index in [1.165, 1.54) is 0 Å². The minimum atomic E-state index is -0.0778. The predicted molar refractivity (Wildman–Crippen MR) is 60.6 cm³/mol. The van der Waals surface area contributed by atoms with Crippen LogP contribution in [0.3, 0.4) is 0 Å². The lowest BCUT2D eigenvalue weighted by atomic mass is 10.1. The Hall–Kier alpha value is -0.280. The minimum Gasteiger partial charge on any atom is -0.373 e. The van der Waals surface area contributed by atoms with E-state index in [1.54, 1.807) is 6.07 Å². The zero-order valence-corrected chi connectivity index (χ0v) is 9.89. The van der Waals surface area contributed by atoms with Crippen LogP contribution >= 0.6 is 23.2 Å². The number of rotatable bonds is 1. The Morgan fingerprint density at radius 3 is 2.60 bits per heavy atom. The lowest BCUT2D eigenvalue weighted by molar-refractivity contribution is -0.128. The molecule has 1 aliphatic heterocycles. The van der Waals surface area contributed by atoms with Crippen LogP contribution in [0.25, 0.3) is 0 Å². The Balaban J connectivity index is 2.15. The second-order valence-corrected chi connectivity index (χ2v) is 4.48. The zero-order valence-electron chi connectivity index (χ0n) is 8.37. The van der Waals surface area contributed by atoms with Gasteiger partial charge in [-0.2, -0.15) is 0 Å².